The third-order valence-corrected chi connectivity index (χ3v) is 3.05. The van der Waals surface area contributed by atoms with Crippen molar-refractivity contribution in [3.05, 3.63) is 48.0 Å². The van der Waals surface area contributed by atoms with Crippen LogP contribution in [0.2, 0.25) is 0 Å². The quantitative estimate of drug-likeness (QED) is 0.740. The Balaban J connectivity index is 1.91. The molecule has 0 spiro atoms. The topological polar surface area (TPSA) is 73.9 Å². The van der Waals surface area contributed by atoms with Crippen LogP contribution in [0, 0.1) is 0 Å². The number of hydrogen-bond acceptors (Lipinski definition) is 5. The van der Waals surface area contributed by atoms with Gasteiger partial charge < -0.3 is 19.5 Å². The molecule has 0 saturated carbocycles. The van der Waals surface area contributed by atoms with E-state index in [0.717, 1.165) is 0 Å². The highest BCUT2D eigenvalue weighted by Gasteiger charge is 2.09. The van der Waals surface area contributed by atoms with E-state index in [2.05, 4.69) is 10.1 Å². The summed E-state index contributed by atoms with van der Waals surface area (Å²) in [6, 6.07) is 10.0. The Morgan fingerprint density at radius 1 is 1.16 bits per heavy atom. The first-order valence-corrected chi connectivity index (χ1v) is 7.12. The first-order chi connectivity index (χ1) is 12.0. The number of benzene rings is 2. The molecule has 2 aromatic carbocycles. The molecule has 25 heavy (non-hydrogen) atoms. The summed E-state index contributed by atoms with van der Waals surface area (Å²) in [6.45, 7) is -3.21. The van der Waals surface area contributed by atoms with Gasteiger partial charge in [-0.3, -0.25) is 9.59 Å². The van der Waals surface area contributed by atoms with Crippen LogP contribution in [0.4, 0.5) is 14.5 Å². The lowest BCUT2D eigenvalue weighted by atomic mass is 10.2. The molecule has 0 aliphatic heterocycles. The van der Waals surface area contributed by atoms with E-state index in [1.54, 1.807) is 0 Å². The van der Waals surface area contributed by atoms with Crippen molar-refractivity contribution in [1.82, 2.24) is 0 Å². The summed E-state index contributed by atoms with van der Waals surface area (Å²) in [4.78, 5) is 22.6. The van der Waals surface area contributed by atoms with Crippen molar-refractivity contribution in [3.63, 3.8) is 0 Å². The molecular formula is C17H15F2NO5. The minimum atomic E-state index is -2.91. The molecule has 0 unspecified atom stereocenters. The number of aldehydes is 1. The first kappa shape index (κ1) is 18.2. The minimum absolute atomic E-state index is 0.00995. The van der Waals surface area contributed by atoms with Crippen LogP contribution in [0.5, 0.6) is 17.2 Å². The van der Waals surface area contributed by atoms with Crippen LogP contribution in [0.3, 0.4) is 0 Å². The van der Waals surface area contributed by atoms with Gasteiger partial charge in [0, 0.05) is 11.3 Å². The highest BCUT2D eigenvalue weighted by Crippen LogP contribution is 2.27. The van der Waals surface area contributed by atoms with Crippen LogP contribution >= 0.6 is 0 Å². The third kappa shape index (κ3) is 5.45. The van der Waals surface area contributed by atoms with Crippen LogP contribution in [0.1, 0.15) is 10.4 Å². The number of carbonyl (C=O) groups is 2. The molecule has 2 rings (SSSR count). The lowest BCUT2D eigenvalue weighted by Gasteiger charge is -2.11. The molecule has 6 nitrogen and oxygen atoms in total. The number of ether oxygens (including phenoxy) is 3. The Morgan fingerprint density at radius 3 is 2.48 bits per heavy atom. The van der Waals surface area contributed by atoms with E-state index in [1.807, 2.05) is 0 Å². The molecule has 0 aromatic heterocycles. The van der Waals surface area contributed by atoms with Gasteiger partial charge in [0.1, 0.15) is 12.0 Å². The maximum Gasteiger partial charge on any atom is 0.387 e. The lowest BCUT2D eigenvalue weighted by Crippen LogP contribution is -2.20. The zero-order chi connectivity index (χ0) is 18.2. The van der Waals surface area contributed by atoms with E-state index in [-0.39, 0.29) is 12.4 Å². The van der Waals surface area contributed by atoms with Crippen molar-refractivity contribution in [2.45, 2.75) is 6.61 Å². The number of rotatable bonds is 8. The van der Waals surface area contributed by atoms with Gasteiger partial charge in [0.15, 0.2) is 18.1 Å². The molecule has 1 N–H and O–H groups in total. The van der Waals surface area contributed by atoms with Crippen molar-refractivity contribution in [1.29, 1.82) is 0 Å². The number of methoxy groups -OCH3 is 1. The number of carbonyl (C=O) groups excluding carboxylic acids is 2. The summed E-state index contributed by atoms with van der Waals surface area (Å²) in [5.41, 5.74) is 0.818. The number of halogens is 2. The van der Waals surface area contributed by atoms with E-state index in [1.165, 1.54) is 49.6 Å². The van der Waals surface area contributed by atoms with E-state index >= 15 is 0 Å². The normalized spacial score (nSPS) is 10.2. The van der Waals surface area contributed by atoms with Gasteiger partial charge in [0.2, 0.25) is 0 Å². The molecule has 2 aromatic rings. The summed E-state index contributed by atoms with van der Waals surface area (Å²) >= 11 is 0. The summed E-state index contributed by atoms with van der Waals surface area (Å²) in [7, 11) is 1.42. The molecule has 1 amide bonds. The smallest absolute Gasteiger partial charge is 0.387 e. The predicted octanol–water partition coefficient (Wildman–Crippen LogP) is 3.13. The standard InChI is InChI=1S/C17H15F2NO5/c1-23-15-8-11(9-21)2-7-14(15)24-10-16(22)20-12-3-5-13(6-4-12)25-17(18)19/h2-9,17H,10H2,1H3,(H,20,22). The molecule has 0 bridgehead atoms. The molecule has 0 heterocycles. The van der Waals surface area contributed by atoms with Gasteiger partial charge in [-0.1, -0.05) is 0 Å². The number of hydrogen-bond donors (Lipinski definition) is 1. The molecule has 0 saturated heterocycles. The Labute approximate surface area is 142 Å². The van der Waals surface area contributed by atoms with Crippen molar-refractivity contribution in [2.24, 2.45) is 0 Å². The first-order valence-electron chi connectivity index (χ1n) is 7.12. The van der Waals surface area contributed by atoms with Crippen molar-refractivity contribution in [3.8, 4) is 17.2 Å². The average molecular weight is 351 g/mol. The van der Waals surface area contributed by atoms with E-state index in [9.17, 15) is 18.4 Å². The van der Waals surface area contributed by atoms with Gasteiger partial charge in [-0.25, -0.2) is 0 Å². The molecule has 0 aliphatic rings. The third-order valence-electron chi connectivity index (χ3n) is 3.05. The maximum absolute atomic E-state index is 12.1. The number of amides is 1. The second-order valence-corrected chi connectivity index (χ2v) is 4.77. The average Bonchev–Trinajstić information content (AvgIpc) is 2.61. The van der Waals surface area contributed by atoms with Gasteiger partial charge in [0.05, 0.1) is 7.11 Å². The summed E-state index contributed by atoms with van der Waals surface area (Å²) in [5.74, 6) is 0.170. The summed E-state index contributed by atoms with van der Waals surface area (Å²) in [5, 5.41) is 2.55. The van der Waals surface area contributed by atoms with Crippen LogP contribution < -0.4 is 19.5 Å². The molecule has 0 aliphatic carbocycles. The van der Waals surface area contributed by atoms with Crippen molar-refractivity contribution < 1.29 is 32.6 Å². The summed E-state index contributed by atoms with van der Waals surface area (Å²) in [6.07, 6.45) is 0.667. The van der Waals surface area contributed by atoms with Gasteiger partial charge in [-0.05, 0) is 42.5 Å². The lowest BCUT2D eigenvalue weighted by molar-refractivity contribution is -0.118. The minimum Gasteiger partial charge on any atom is -0.493 e. The van der Waals surface area contributed by atoms with E-state index in [0.29, 0.717) is 29.0 Å². The molecule has 8 heteroatoms. The van der Waals surface area contributed by atoms with Crippen LogP contribution in [0.15, 0.2) is 42.5 Å². The number of anilines is 1. The zero-order valence-corrected chi connectivity index (χ0v) is 13.2. The van der Waals surface area contributed by atoms with Gasteiger partial charge >= 0.3 is 6.61 Å². The fourth-order valence-electron chi connectivity index (χ4n) is 1.94. The SMILES string of the molecule is COc1cc(C=O)ccc1OCC(=O)Nc1ccc(OC(F)F)cc1. The number of nitrogens with one attached hydrogen (secondary N) is 1. The molecule has 132 valence electrons. The zero-order valence-electron chi connectivity index (χ0n) is 13.2. The molecule has 0 atom stereocenters. The Hall–Kier alpha value is -3.16. The van der Waals surface area contributed by atoms with Crippen LogP contribution in [0.25, 0.3) is 0 Å². The summed E-state index contributed by atoms with van der Waals surface area (Å²) < 4.78 is 38.8. The number of alkyl halides is 2. The second kappa shape index (κ2) is 8.62. The van der Waals surface area contributed by atoms with Crippen molar-refractivity contribution in [2.75, 3.05) is 19.0 Å². The van der Waals surface area contributed by atoms with Gasteiger partial charge in [0.25, 0.3) is 5.91 Å². The van der Waals surface area contributed by atoms with E-state index < -0.39 is 12.5 Å². The Bertz CT molecular complexity index is 734. The molecule has 0 radical (unpaired) electrons. The maximum atomic E-state index is 12.1. The Kier molecular flexibility index (Phi) is 6.27. The fourth-order valence-corrected chi connectivity index (χ4v) is 1.94. The van der Waals surface area contributed by atoms with Gasteiger partial charge in [-0.2, -0.15) is 8.78 Å². The predicted molar refractivity (Wildman–Crippen MR) is 85.6 cm³/mol. The molecular weight excluding hydrogens is 336 g/mol. The largest absolute Gasteiger partial charge is 0.493 e. The monoisotopic (exact) mass is 351 g/mol. The van der Waals surface area contributed by atoms with Crippen LogP contribution in [-0.4, -0.2) is 32.5 Å². The highest BCUT2D eigenvalue weighted by molar-refractivity contribution is 5.92. The van der Waals surface area contributed by atoms with Gasteiger partial charge in [-0.15, -0.1) is 0 Å². The Morgan fingerprint density at radius 2 is 1.88 bits per heavy atom. The fraction of sp³-hybridized carbons (Fsp3) is 0.176. The molecule has 0 fully saturated rings. The highest BCUT2D eigenvalue weighted by atomic mass is 19.3. The van der Waals surface area contributed by atoms with Crippen molar-refractivity contribution >= 4 is 17.9 Å². The second-order valence-electron chi connectivity index (χ2n) is 4.77. The van der Waals surface area contributed by atoms with Crippen LogP contribution in [-0.2, 0) is 4.79 Å². The van der Waals surface area contributed by atoms with E-state index in [4.69, 9.17) is 9.47 Å².